The van der Waals surface area contributed by atoms with E-state index in [1.54, 1.807) is 18.2 Å². The SMILES string of the molecule is Cc1ccc(O)c(C(=O)NCC2C(C)(C)C2(C)C)c1. The van der Waals surface area contributed by atoms with Crippen molar-refractivity contribution >= 4 is 5.91 Å². The van der Waals surface area contributed by atoms with Crippen LogP contribution in [-0.4, -0.2) is 17.6 Å². The van der Waals surface area contributed by atoms with Crippen molar-refractivity contribution in [3.63, 3.8) is 0 Å². The first-order valence-corrected chi connectivity index (χ1v) is 6.75. The number of phenols is 1. The standard InChI is InChI=1S/C16H23NO2/c1-10-6-7-12(18)11(8-10)14(19)17-9-13-15(2,3)16(13,4)5/h6-8,13,18H,9H2,1-5H3,(H,17,19). The Balaban J connectivity index is 2.02. The van der Waals surface area contributed by atoms with Crippen LogP contribution in [0.2, 0.25) is 0 Å². The van der Waals surface area contributed by atoms with E-state index in [4.69, 9.17) is 0 Å². The van der Waals surface area contributed by atoms with Crippen LogP contribution in [0.25, 0.3) is 0 Å². The summed E-state index contributed by atoms with van der Waals surface area (Å²) in [4.78, 5) is 12.1. The molecule has 1 fully saturated rings. The van der Waals surface area contributed by atoms with Crippen LogP contribution >= 0.6 is 0 Å². The fraction of sp³-hybridized carbons (Fsp3) is 0.562. The van der Waals surface area contributed by atoms with Crippen molar-refractivity contribution in [2.45, 2.75) is 34.6 Å². The molecule has 19 heavy (non-hydrogen) atoms. The number of amides is 1. The minimum atomic E-state index is -0.195. The largest absolute Gasteiger partial charge is 0.507 e. The molecule has 0 atom stereocenters. The summed E-state index contributed by atoms with van der Waals surface area (Å²) in [6, 6.07) is 5.07. The number of phenolic OH excluding ortho intramolecular Hbond substituents is 1. The molecule has 1 aromatic carbocycles. The fourth-order valence-electron chi connectivity index (χ4n) is 2.97. The molecule has 104 valence electrons. The zero-order valence-corrected chi connectivity index (χ0v) is 12.4. The van der Waals surface area contributed by atoms with E-state index in [0.717, 1.165) is 5.56 Å². The molecule has 0 heterocycles. The topological polar surface area (TPSA) is 49.3 Å². The number of hydrogen-bond acceptors (Lipinski definition) is 2. The number of aromatic hydroxyl groups is 1. The molecule has 1 aliphatic carbocycles. The second-order valence-electron chi connectivity index (χ2n) is 6.73. The summed E-state index contributed by atoms with van der Waals surface area (Å²) < 4.78 is 0. The molecule has 0 saturated heterocycles. The summed E-state index contributed by atoms with van der Waals surface area (Å²) in [7, 11) is 0. The van der Waals surface area contributed by atoms with Gasteiger partial charge in [0, 0.05) is 6.54 Å². The molecule has 0 aromatic heterocycles. The predicted molar refractivity (Wildman–Crippen MR) is 76.2 cm³/mol. The molecular formula is C16H23NO2. The zero-order valence-electron chi connectivity index (χ0n) is 12.4. The lowest BCUT2D eigenvalue weighted by molar-refractivity contribution is 0.0947. The van der Waals surface area contributed by atoms with Crippen LogP contribution in [-0.2, 0) is 0 Å². The highest BCUT2D eigenvalue weighted by atomic mass is 16.3. The van der Waals surface area contributed by atoms with Gasteiger partial charge in [-0.05, 0) is 35.8 Å². The third-order valence-corrected chi connectivity index (χ3v) is 5.18. The van der Waals surface area contributed by atoms with Crippen LogP contribution in [0.4, 0.5) is 0 Å². The minimum absolute atomic E-state index is 0.0393. The van der Waals surface area contributed by atoms with Gasteiger partial charge in [0.2, 0.25) is 0 Å². The van der Waals surface area contributed by atoms with Gasteiger partial charge < -0.3 is 10.4 Å². The number of rotatable bonds is 3. The minimum Gasteiger partial charge on any atom is -0.507 e. The number of carbonyl (C=O) groups excluding carboxylic acids is 1. The van der Waals surface area contributed by atoms with Gasteiger partial charge >= 0.3 is 0 Å². The molecule has 3 nitrogen and oxygen atoms in total. The van der Waals surface area contributed by atoms with Crippen LogP contribution in [0, 0.1) is 23.7 Å². The first kappa shape index (κ1) is 13.9. The maximum absolute atomic E-state index is 12.1. The van der Waals surface area contributed by atoms with E-state index in [9.17, 15) is 9.90 Å². The first-order chi connectivity index (χ1) is 8.68. The van der Waals surface area contributed by atoms with Gasteiger partial charge in [-0.3, -0.25) is 4.79 Å². The van der Waals surface area contributed by atoms with Crippen molar-refractivity contribution in [1.29, 1.82) is 0 Å². The average molecular weight is 261 g/mol. The van der Waals surface area contributed by atoms with Crippen molar-refractivity contribution in [3.05, 3.63) is 29.3 Å². The van der Waals surface area contributed by atoms with Gasteiger partial charge in [0.1, 0.15) is 5.75 Å². The summed E-state index contributed by atoms with van der Waals surface area (Å²) in [5.41, 5.74) is 1.84. The third-order valence-electron chi connectivity index (χ3n) is 5.18. The number of aryl methyl sites for hydroxylation is 1. The van der Waals surface area contributed by atoms with Crippen molar-refractivity contribution in [2.75, 3.05) is 6.54 Å². The predicted octanol–water partition coefficient (Wildman–Crippen LogP) is 3.11. The smallest absolute Gasteiger partial charge is 0.255 e. The molecule has 1 amide bonds. The highest BCUT2D eigenvalue weighted by Crippen LogP contribution is 2.67. The Morgan fingerprint density at radius 2 is 1.84 bits per heavy atom. The van der Waals surface area contributed by atoms with Gasteiger partial charge in [-0.1, -0.05) is 39.3 Å². The van der Waals surface area contributed by atoms with Crippen LogP contribution < -0.4 is 5.32 Å². The van der Waals surface area contributed by atoms with Crippen LogP contribution in [0.5, 0.6) is 5.75 Å². The maximum Gasteiger partial charge on any atom is 0.255 e. The lowest BCUT2D eigenvalue weighted by atomic mass is 10.0. The van der Waals surface area contributed by atoms with Crippen molar-refractivity contribution < 1.29 is 9.90 Å². The zero-order chi connectivity index (χ0) is 14.4. The molecule has 3 heteroatoms. The molecule has 0 aliphatic heterocycles. The Morgan fingerprint density at radius 3 is 2.37 bits per heavy atom. The molecule has 1 aliphatic rings. The van der Waals surface area contributed by atoms with Gasteiger partial charge in [-0.2, -0.15) is 0 Å². The van der Waals surface area contributed by atoms with E-state index in [1.165, 1.54) is 0 Å². The normalized spacial score (nSPS) is 20.1. The van der Waals surface area contributed by atoms with Crippen molar-refractivity contribution in [3.8, 4) is 5.75 Å². The molecule has 2 rings (SSSR count). The Kier molecular flexibility index (Phi) is 3.12. The van der Waals surface area contributed by atoms with Gasteiger partial charge in [0.15, 0.2) is 0 Å². The Hall–Kier alpha value is -1.51. The monoisotopic (exact) mass is 261 g/mol. The summed E-state index contributed by atoms with van der Waals surface area (Å²) >= 11 is 0. The highest BCUT2D eigenvalue weighted by molar-refractivity contribution is 5.97. The molecule has 0 unspecified atom stereocenters. The van der Waals surface area contributed by atoms with Gasteiger partial charge in [-0.25, -0.2) is 0 Å². The maximum atomic E-state index is 12.1. The van der Waals surface area contributed by atoms with Crippen molar-refractivity contribution in [1.82, 2.24) is 5.32 Å². The summed E-state index contributed by atoms with van der Waals surface area (Å²) in [6.07, 6.45) is 0. The second kappa shape index (κ2) is 4.26. The molecule has 0 radical (unpaired) electrons. The first-order valence-electron chi connectivity index (χ1n) is 6.75. The van der Waals surface area contributed by atoms with E-state index in [0.29, 0.717) is 18.0 Å². The third kappa shape index (κ3) is 2.22. The summed E-state index contributed by atoms with van der Waals surface area (Å²) in [5.74, 6) is 0.327. The lowest BCUT2D eigenvalue weighted by Crippen LogP contribution is -2.27. The van der Waals surface area contributed by atoms with Crippen molar-refractivity contribution in [2.24, 2.45) is 16.7 Å². The number of benzene rings is 1. The van der Waals surface area contributed by atoms with Crippen LogP contribution in [0.3, 0.4) is 0 Å². The van der Waals surface area contributed by atoms with E-state index >= 15 is 0 Å². The fourth-order valence-corrected chi connectivity index (χ4v) is 2.97. The molecule has 2 N–H and O–H groups in total. The van der Waals surface area contributed by atoms with Crippen LogP contribution in [0.15, 0.2) is 18.2 Å². The van der Waals surface area contributed by atoms with E-state index < -0.39 is 0 Å². The number of carbonyl (C=O) groups is 1. The second-order valence-corrected chi connectivity index (χ2v) is 6.73. The molecule has 1 saturated carbocycles. The quantitative estimate of drug-likeness (QED) is 0.878. The van der Waals surface area contributed by atoms with E-state index in [1.807, 2.05) is 6.92 Å². The van der Waals surface area contributed by atoms with E-state index in [2.05, 4.69) is 33.0 Å². The summed E-state index contributed by atoms with van der Waals surface area (Å²) in [5, 5.41) is 12.7. The highest BCUT2D eigenvalue weighted by Gasteiger charge is 2.64. The number of hydrogen-bond donors (Lipinski definition) is 2. The Morgan fingerprint density at radius 1 is 1.26 bits per heavy atom. The van der Waals surface area contributed by atoms with Crippen LogP contribution in [0.1, 0.15) is 43.6 Å². The average Bonchev–Trinajstić information content (AvgIpc) is 2.70. The Bertz CT molecular complexity index is 503. The molecular weight excluding hydrogens is 238 g/mol. The molecule has 0 spiro atoms. The molecule has 1 aromatic rings. The van der Waals surface area contributed by atoms with Gasteiger partial charge in [-0.15, -0.1) is 0 Å². The molecule has 0 bridgehead atoms. The number of nitrogens with one attached hydrogen (secondary N) is 1. The summed E-state index contributed by atoms with van der Waals surface area (Å²) in [6.45, 7) is 11.5. The van der Waals surface area contributed by atoms with E-state index in [-0.39, 0.29) is 22.5 Å². The van der Waals surface area contributed by atoms with Gasteiger partial charge in [0.25, 0.3) is 5.91 Å². The lowest BCUT2D eigenvalue weighted by Gasteiger charge is -2.08. The van der Waals surface area contributed by atoms with Gasteiger partial charge in [0.05, 0.1) is 5.56 Å². The Labute approximate surface area is 115 Å².